The molecule has 0 N–H and O–H groups in total. The van der Waals surface area contributed by atoms with Gasteiger partial charge < -0.3 is 9.80 Å². The summed E-state index contributed by atoms with van der Waals surface area (Å²) >= 11 is 0. The molecule has 26 heavy (non-hydrogen) atoms. The van der Waals surface area contributed by atoms with Crippen molar-refractivity contribution in [3.8, 4) is 0 Å². The Morgan fingerprint density at radius 1 is 1.00 bits per heavy atom. The first-order valence-electron chi connectivity index (χ1n) is 9.32. The maximum Gasteiger partial charge on any atom is 0.225 e. The minimum atomic E-state index is -3.14. The van der Waals surface area contributed by atoms with E-state index < -0.39 is 10.0 Å². The molecule has 0 saturated carbocycles. The van der Waals surface area contributed by atoms with Crippen LogP contribution < -0.4 is 4.90 Å². The van der Waals surface area contributed by atoms with Gasteiger partial charge in [-0.3, -0.25) is 4.79 Å². The zero-order valence-corrected chi connectivity index (χ0v) is 16.8. The van der Waals surface area contributed by atoms with Crippen molar-refractivity contribution in [3.63, 3.8) is 0 Å². The summed E-state index contributed by atoms with van der Waals surface area (Å²) in [6.45, 7) is 8.35. The van der Waals surface area contributed by atoms with Crippen molar-refractivity contribution in [2.75, 3.05) is 50.4 Å². The number of hydrogen-bond donors (Lipinski definition) is 0. The van der Waals surface area contributed by atoms with Gasteiger partial charge >= 0.3 is 0 Å². The molecule has 2 aliphatic heterocycles. The SMILES string of the molecule is Cc1cccc(N2CCN(C(=O)C3CCN(S(C)(=O)=O)CC3)CC2)c1C. The Balaban J connectivity index is 1.55. The van der Waals surface area contributed by atoms with E-state index in [4.69, 9.17) is 0 Å². The number of benzene rings is 1. The lowest BCUT2D eigenvalue weighted by Crippen LogP contribution is -2.52. The van der Waals surface area contributed by atoms with Crippen LogP contribution in [0.1, 0.15) is 24.0 Å². The third-order valence-electron chi connectivity index (χ3n) is 5.78. The van der Waals surface area contributed by atoms with Crippen LogP contribution in [0.3, 0.4) is 0 Å². The van der Waals surface area contributed by atoms with Gasteiger partial charge in [0.15, 0.2) is 0 Å². The predicted octanol–water partition coefficient (Wildman–Crippen LogP) is 1.62. The number of carbonyl (C=O) groups is 1. The molecule has 0 unspecified atom stereocenters. The molecule has 6 nitrogen and oxygen atoms in total. The fourth-order valence-electron chi connectivity index (χ4n) is 3.94. The molecular formula is C19H29N3O3S. The molecule has 144 valence electrons. The van der Waals surface area contributed by atoms with Crippen LogP contribution in [-0.2, 0) is 14.8 Å². The quantitative estimate of drug-likeness (QED) is 0.801. The zero-order valence-electron chi connectivity index (χ0n) is 15.9. The standard InChI is InChI=1S/C19H29N3O3S/c1-15-5-4-6-18(16(15)2)20-11-13-21(14-12-20)19(23)17-7-9-22(10-8-17)26(3,24)25/h4-6,17H,7-14H2,1-3H3. The second kappa shape index (κ2) is 7.56. The van der Waals surface area contributed by atoms with Gasteiger partial charge in [0.1, 0.15) is 0 Å². The first-order chi connectivity index (χ1) is 12.3. The summed E-state index contributed by atoms with van der Waals surface area (Å²) in [5.74, 6) is 0.152. The lowest BCUT2D eigenvalue weighted by Gasteiger charge is -2.39. The Labute approximate surface area is 156 Å². The van der Waals surface area contributed by atoms with Crippen LogP contribution in [-0.4, -0.2) is 69.1 Å². The van der Waals surface area contributed by atoms with Gasteiger partial charge in [-0.1, -0.05) is 12.1 Å². The first kappa shape index (κ1) is 19.2. The molecule has 1 amide bonds. The number of rotatable bonds is 3. The maximum absolute atomic E-state index is 12.8. The number of piperidine rings is 1. The molecule has 7 heteroatoms. The minimum Gasteiger partial charge on any atom is -0.368 e. The van der Waals surface area contributed by atoms with Crippen molar-refractivity contribution < 1.29 is 13.2 Å². The van der Waals surface area contributed by atoms with Gasteiger partial charge in [-0.15, -0.1) is 0 Å². The van der Waals surface area contributed by atoms with Crippen molar-refractivity contribution in [1.29, 1.82) is 0 Å². The van der Waals surface area contributed by atoms with E-state index in [-0.39, 0.29) is 11.8 Å². The molecular weight excluding hydrogens is 350 g/mol. The van der Waals surface area contributed by atoms with E-state index in [1.165, 1.54) is 27.4 Å². The van der Waals surface area contributed by atoms with Gasteiger partial charge in [-0.2, -0.15) is 0 Å². The van der Waals surface area contributed by atoms with Crippen molar-refractivity contribution >= 4 is 21.6 Å². The highest BCUT2D eigenvalue weighted by Gasteiger charge is 2.32. The van der Waals surface area contributed by atoms with Gasteiger partial charge in [0.25, 0.3) is 0 Å². The van der Waals surface area contributed by atoms with E-state index in [9.17, 15) is 13.2 Å². The monoisotopic (exact) mass is 379 g/mol. The van der Waals surface area contributed by atoms with Gasteiger partial charge in [0.2, 0.25) is 15.9 Å². The van der Waals surface area contributed by atoms with E-state index >= 15 is 0 Å². The summed E-state index contributed by atoms with van der Waals surface area (Å²) in [5, 5.41) is 0. The number of piperazine rings is 1. The van der Waals surface area contributed by atoms with Gasteiger partial charge in [-0.25, -0.2) is 12.7 Å². The molecule has 0 aliphatic carbocycles. The van der Waals surface area contributed by atoms with Gasteiger partial charge in [-0.05, 0) is 43.9 Å². The summed E-state index contributed by atoms with van der Waals surface area (Å²) in [7, 11) is -3.14. The molecule has 0 bridgehead atoms. The van der Waals surface area contributed by atoms with Crippen LogP contribution in [0.4, 0.5) is 5.69 Å². The molecule has 2 heterocycles. The first-order valence-corrected chi connectivity index (χ1v) is 11.2. The smallest absolute Gasteiger partial charge is 0.225 e. The van der Waals surface area contributed by atoms with Crippen LogP contribution in [0.5, 0.6) is 0 Å². The summed E-state index contributed by atoms with van der Waals surface area (Å²) in [6, 6.07) is 6.37. The third-order valence-corrected chi connectivity index (χ3v) is 7.08. The molecule has 0 aromatic heterocycles. The van der Waals surface area contributed by atoms with Crippen LogP contribution in [0, 0.1) is 19.8 Å². The van der Waals surface area contributed by atoms with E-state index in [0.717, 1.165) is 26.2 Å². The largest absolute Gasteiger partial charge is 0.368 e. The maximum atomic E-state index is 12.8. The van der Waals surface area contributed by atoms with Crippen molar-refractivity contribution in [2.45, 2.75) is 26.7 Å². The van der Waals surface area contributed by atoms with E-state index in [2.05, 4.69) is 36.9 Å². The molecule has 0 radical (unpaired) electrons. The Morgan fingerprint density at radius 3 is 2.19 bits per heavy atom. The number of sulfonamides is 1. The normalized spacial score (nSPS) is 20.4. The number of hydrogen-bond acceptors (Lipinski definition) is 4. The highest BCUT2D eigenvalue weighted by Crippen LogP contribution is 2.26. The predicted molar refractivity (Wildman–Crippen MR) is 104 cm³/mol. The second-order valence-electron chi connectivity index (χ2n) is 7.47. The molecule has 3 rings (SSSR count). The van der Waals surface area contributed by atoms with Crippen LogP contribution >= 0.6 is 0 Å². The number of amides is 1. The summed E-state index contributed by atoms with van der Waals surface area (Å²) in [5.41, 5.74) is 3.86. The molecule has 2 saturated heterocycles. The van der Waals surface area contributed by atoms with Gasteiger partial charge in [0, 0.05) is 50.9 Å². The highest BCUT2D eigenvalue weighted by molar-refractivity contribution is 7.88. The number of nitrogens with zero attached hydrogens (tertiary/aromatic N) is 3. The highest BCUT2D eigenvalue weighted by atomic mass is 32.2. The average Bonchev–Trinajstić information content (AvgIpc) is 2.63. The second-order valence-corrected chi connectivity index (χ2v) is 9.45. The van der Waals surface area contributed by atoms with Crippen molar-refractivity contribution in [2.24, 2.45) is 5.92 Å². The summed E-state index contributed by atoms with van der Waals surface area (Å²) in [6.07, 6.45) is 2.49. The summed E-state index contributed by atoms with van der Waals surface area (Å²) < 4.78 is 24.7. The minimum absolute atomic E-state index is 0.0414. The van der Waals surface area contributed by atoms with Crippen molar-refractivity contribution in [3.05, 3.63) is 29.3 Å². The van der Waals surface area contributed by atoms with E-state index in [1.807, 2.05) is 4.90 Å². The lowest BCUT2D eigenvalue weighted by atomic mass is 9.96. The number of aryl methyl sites for hydroxylation is 1. The van der Waals surface area contributed by atoms with Crippen molar-refractivity contribution in [1.82, 2.24) is 9.21 Å². The Morgan fingerprint density at radius 2 is 1.62 bits per heavy atom. The fourth-order valence-corrected chi connectivity index (χ4v) is 4.81. The lowest BCUT2D eigenvalue weighted by molar-refractivity contribution is -0.137. The van der Waals surface area contributed by atoms with Crippen LogP contribution in [0.25, 0.3) is 0 Å². The molecule has 0 spiro atoms. The molecule has 2 aliphatic rings. The molecule has 0 atom stereocenters. The third kappa shape index (κ3) is 4.04. The average molecular weight is 380 g/mol. The number of carbonyl (C=O) groups excluding carboxylic acids is 1. The Kier molecular flexibility index (Phi) is 5.58. The summed E-state index contributed by atoms with van der Waals surface area (Å²) in [4.78, 5) is 17.1. The molecule has 2 fully saturated rings. The van der Waals surface area contributed by atoms with Gasteiger partial charge in [0.05, 0.1) is 6.26 Å². The molecule has 1 aromatic rings. The Hall–Kier alpha value is -1.60. The Bertz CT molecular complexity index is 762. The van der Waals surface area contributed by atoms with E-state index in [0.29, 0.717) is 25.9 Å². The number of anilines is 1. The topological polar surface area (TPSA) is 60.9 Å². The zero-order chi connectivity index (χ0) is 18.9. The van der Waals surface area contributed by atoms with Crippen LogP contribution in [0.2, 0.25) is 0 Å². The van der Waals surface area contributed by atoms with Crippen LogP contribution in [0.15, 0.2) is 18.2 Å². The van der Waals surface area contributed by atoms with E-state index in [1.54, 1.807) is 0 Å². The fraction of sp³-hybridized carbons (Fsp3) is 0.632. The molecule has 1 aromatic carbocycles.